The lowest BCUT2D eigenvalue weighted by Crippen LogP contribution is -2.30. The number of aromatic nitrogens is 2. The molecule has 1 aliphatic carbocycles. The van der Waals surface area contributed by atoms with Crippen molar-refractivity contribution < 1.29 is 0 Å². The van der Waals surface area contributed by atoms with Gasteiger partial charge in [-0.2, -0.15) is 0 Å². The molecule has 1 atom stereocenters. The molecular weight excluding hydrogens is 298 g/mol. The molecule has 0 saturated heterocycles. The predicted molar refractivity (Wildman–Crippen MR) is 96.0 cm³/mol. The van der Waals surface area contributed by atoms with E-state index < -0.39 is 0 Å². The summed E-state index contributed by atoms with van der Waals surface area (Å²) in [5.41, 5.74) is 5.16. The summed E-state index contributed by atoms with van der Waals surface area (Å²) >= 11 is 0. The van der Waals surface area contributed by atoms with E-state index in [-0.39, 0.29) is 5.56 Å². The van der Waals surface area contributed by atoms with Crippen molar-refractivity contribution in [1.82, 2.24) is 14.5 Å². The third-order valence-corrected chi connectivity index (χ3v) is 5.08. The highest BCUT2D eigenvalue weighted by Crippen LogP contribution is 2.35. The normalized spacial score (nSPS) is 16.7. The number of rotatable bonds is 3. The summed E-state index contributed by atoms with van der Waals surface area (Å²) in [6.07, 6.45) is 2.21. The molecule has 0 radical (unpaired) electrons. The highest BCUT2D eigenvalue weighted by Gasteiger charge is 2.26. The van der Waals surface area contributed by atoms with Crippen molar-refractivity contribution in [3.8, 4) is 0 Å². The fourth-order valence-corrected chi connectivity index (χ4v) is 3.78. The molecule has 3 aromatic rings. The van der Waals surface area contributed by atoms with Gasteiger partial charge in [0.2, 0.25) is 0 Å². The average molecular weight is 319 g/mol. The first-order valence-electron chi connectivity index (χ1n) is 8.38. The van der Waals surface area contributed by atoms with E-state index in [1.807, 2.05) is 31.3 Å². The Morgan fingerprint density at radius 2 is 1.92 bits per heavy atom. The van der Waals surface area contributed by atoms with E-state index in [0.717, 1.165) is 23.9 Å². The smallest absolute Gasteiger partial charge is 0.273 e. The minimum atomic E-state index is -0.00756. The Labute approximate surface area is 141 Å². The van der Waals surface area contributed by atoms with Crippen molar-refractivity contribution in [2.45, 2.75) is 25.4 Å². The molecule has 122 valence electrons. The molecule has 1 heterocycles. The molecule has 0 unspecified atom stereocenters. The number of aryl methyl sites for hydroxylation is 2. The summed E-state index contributed by atoms with van der Waals surface area (Å²) in [4.78, 5) is 19.5. The van der Waals surface area contributed by atoms with Crippen molar-refractivity contribution in [2.75, 3.05) is 7.05 Å². The van der Waals surface area contributed by atoms with Gasteiger partial charge in [0, 0.05) is 19.6 Å². The monoisotopic (exact) mass is 319 g/mol. The van der Waals surface area contributed by atoms with E-state index in [2.05, 4.69) is 41.2 Å². The van der Waals surface area contributed by atoms with Crippen LogP contribution in [0.5, 0.6) is 0 Å². The lowest BCUT2D eigenvalue weighted by atomic mass is 10.1. The number of hydrogen-bond acceptors (Lipinski definition) is 3. The summed E-state index contributed by atoms with van der Waals surface area (Å²) in [6, 6.07) is 16.8. The topological polar surface area (TPSA) is 38.1 Å². The number of nitrogens with zero attached hydrogens (tertiary/aromatic N) is 3. The van der Waals surface area contributed by atoms with Crippen LogP contribution in [0.1, 0.15) is 29.3 Å². The zero-order valence-corrected chi connectivity index (χ0v) is 14.1. The van der Waals surface area contributed by atoms with E-state index in [0.29, 0.717) is 18.3 Å². The Kier molecular flexibility index (Phi) is 3.69. The van der Waals surface area contributed by atoms with Gasteiger partial charge in [0.25, 0.3) is 5.56 Å². The van der Waals surface area contributed by atoms with Gasteiger partial charge in [-0.25, -0.2) is 4.98 Å². The van der Waals surface area contributed by atoms with Gasteiger partial charge in [0.1, 0.15) is 5.69 Å². The fraction of sp³-hybridized carbons (Fsp3) is 0.300. The maximum Gasteiger partial charge on any atom is 0.273 e. The Morgan fingerprint density at radius 3 is 2.79 bits per heavy atom. The fourth-order valence-electron chi connectivity index (χ4n) is 3.78. The largest absolute Gasteiger partial charge is 0.308 e. The summed E-state index contributed by atoms with van der Waals surface area (Å²) in [5.74, 6) is 0. The van der Waals surface area contributed by atoms with Crippen LogP contribution >= 0.6 is 0 Å². The van der Waals surface area contributed by atoms with E-state index in [4.69, 9.17) is 0 Å². The van der Waals surface area contributed by atoms with Gasteiger partial charge in [-0.3, -0.25) is 9.69 Å². The first-order chi connectivity index (χ1) is 11.6. The molecule has 1 aromatic heterocycles. The molecular formula is C20H21N3O. The van der Waals surface area contributed by atoms with Crippen LogP contribution in [0.2, 0.25) is 0 Å². The summed E-state index contributed by atoms with van der Waals surface area (Å²) < 4.78 is 1.70. The first kappa shape index (κ1) is 15.1. The highest BCUT2D eigenvalue weighted by atomic mass is 16.1. The highest BCUT2D eigenvalue weighted by molar-refractivity contribution is 5.74. The molecule has 24 heavy (non-hydrogen) atoms. The van der Waals surface area contributed by atoms with Crippen LogP contribution in [0.4, 0.5) is 0 Å². The molecule has 0 aliphatic heterocycles. The number of para-hydroxylation sites is 2. The van der Waals surface area contributed by atoms with E-state index in [9.17, 15) is 4.79 Å². The van der Waals surface area contributed by atoms with Gasteiger partial charge in [-0.1, -0.05) is 36.4 Å². The molecule has 0 saturated carbocycles. The van der Waals surface area contributed by atoms with Crippen molar-refractivity contribution >= 4 is 11.0 Å². The number of benzene rings is 2. The van der Waals surface area contributed by atoms with Crippen LogP contribution in [0.3, 0.4) is 0 Å². The van der Waals surface area contributed by atoms with Crippen LogP contribution in [0.25, 0.3) is 11.0 Å². The number of hydrogen-bond donors (Lipinski definition) is 0. The quantitative estimate of drug-likeness (QED) is 0.745. The molecule has 4 rings (SSSR count). The maximum absolute atomic E-state index is 12.7. The lowest BCUT2D eigenvalue weighted by molar-refractivity contribution is 0.232. The molecule has 1 aliphatic rings. The van der Waals surface area contributed by atoms with Crippen LogP contribution in [-0.2, 0) is 20.0 Å². The van der Waals surface area contributed by atoms with Gasteiger partial charge in [0.15, 0.2) is 0 Å². The van der Waals surface area contributed by atoms with Crippen molar-refractivity contribution in [3.05, 3.63) is 75.7 Å². The molecule has 4 heteroatoms. The molecule has 0 fully saturated rings. The van der Waals surface area contributed by atoms with Gasteiger partial charge in [-0.05, 0) is 43.1 Å². The molecule has 0 bridgehead atoms. The Balaban J connectivity index is 1.68. The second kappa shape index (κ2) is 5.87. The lowest BCUT2D eigenvalue weighted by Gasteiger charge is -2.25. The van der Waals surface area contributed by atoms with Crippen molar-refractivity contribution in [3.63, 3.8) is 0 Å². The second-order valence-electron chi connectivity index (χ2n) is 6.58. The first-order valence-corrected chi connectivity index (χ1v) is 8.38. The molecule has 4 nitrogen and oxygen atoms in total. The predicted octanol–water partition coefficient (Wildman–Crippen LogP) is 3.05. The van der Waals surface area contributed by atoms with Crippen LogP contribution in [-0.4, -0.2) is 21.5 Å². The van der Waals surface area contributed by atoms with Gasteiger partial charge in [-0.15, -0.1) is 0 Å². The van der Waals surface area contributed by atoms with Crippen molar-refractivity contribution in [2.24, 2.45) is 7.05 Å². The van der Waals surface area contributed by atoms with E-state index >= 15 is 0 Å². The SMILES string of the molecule is CN(Cc1nc2ccccc2n(C)c1=O)[C@@H]1CCc2ccccc21. The van der Waals surface area contributed by atoms with Gasteiger partial charge < -0.3 is 4.57 Å². The molecule has 0 N–H and O–H groups in total. The minimum Gasteiger partial charge on any atom is -0.308 e. The average Bonchev–Trinajstić information content (AvgIpc) is 3.03. The molecule has 2 aromatic carbocycles. The van der Waals surface area contributed by atoms with Crippen LogP contribution in [0.15, 0.2) is 53.3 Å². The van der Waals surface area contributed by atoms with Gasteiger partial charge in [0.05, 0.1) is 11.0 Å². The van der Waals surface area contributed by atoms with Gasteiger partial charge >= 0.3 is 0 Å². The van der Waals surface area contributed by atoms with Crippen LogP contribution in [0, 0.1) is 0 Å². The zero-order chi connectivity index (χ0) is 16.7. The van der Waals surface area contributed by atoms with E-state index in [1.165, 1.54) is 11.1 Å². The summed E-state index contributed by atoms with van der Waals surface area (Å²) in [7, 11) is 3.91. The minimum absolute atomic E-state index is 0.00756. The zero-order valence-electron chi connectivity index (χ0n) is 14.1. The molecule has 0 spiro atoms. The Morgan fingerprint density at radius 1 is 1.17 bits per heavy atom. The van der Waals surface area contributed by atoms with Crippen LogP contribution < -0.4 is 5.56 Å². The third-order valence-electron chi connectivity index (χ3n) is 5.08. The summed E-state index contributed by atoms with van der Waals surface area (Å²) in [5, 5.41) is 0. The van der Waals surface area contributed by atoms with E-state index in [1.54, 1.807) is 4.57 Å². The standard InChI is InChI=1S/C20H21N3O/c1-22(18-12-11-14-7-3-4-8-15(14)18)13-17-20(24)23(2)19-10-6-5-9-16(19)21-17/h3-10,18H,11-13H2,1-2H3/t18-/m1/s1. The Hall–Kier alpha value is -2.46. The second-order valence-corrected chi connectivity index (χ2v) is 6.58. The third kappa shape index (κ3) is 2.43. The maximum atomic E-state index is 12.7. The van der Waals surface area contributed by atoms with Crippen molar-refractivity contribution in [1.29, 1.82) is 0 Å². The molecule has 0 amide bonds. The Bertz CT molecular complexity index is 961. The summed E-state index contributed by atoms with van der Waals surface area (Å²) in [6.45, 7) is 0.566. The number of fused-ring (bicyclic) bond motifs is 2.